The molecule has 3 nitrogen and oxygen atoms in total. The van der Waals surface area contributed by atoms with Crippen molar-refractivity contribution in [1.29, 1.82) is 0 Å². The zero-order chi connectivity index (χ0) is 8.15. The lowest BCUT2D eigenvalue weighted by Crippen LogP contribution is -2.16. The molecule has 0 aliphatic rings. The Bertz CT molecular complexity index is 157. The van der Waals surface area contributed by atoms with Crippen LogP contribution in [-0.4, -0.2) is 12.5 Å². The monoisotopic (exact) mass is 143 g/mol. The van der Waals surface area contributed by atoms with E-state index in [9.17, 15) is 4.79 Å². The average molecular weight is 143 g/mol. The van der Waals surface area contributed by atoms with Crippen LogP contribution in [0, 0.1) is 0 Å². The third kappa shape index (κ3) is 3.25. The SMILES string of the molecule is CC(C)=C(C)OC(=O)CN. The summed E-state index contributed by atoms with van der Waals surface area (Å²) < 4.78 is 4.78. The summed E-state index contributed by atoms with van der Waals surface area (Å²) in [6.45, 7) is 5.42. The lowest BCUT2D eigenvalue weighted by Gasteiger charge is -2.03. The lowest BCUT2D eigenvalue weighted by atomic mass is 10.3. The standard InChI is InChI=1S/C7H13NO2/c1-5(2)6(3)10-7(9)4-8/h4,8H2,1-3H3. The molecule has 0 spiro atoms. The van der Waals surface area contributed by atoms with Crippen LogP contribution in [0.15, 0.2) is 11.3 Å². The third-order valence-electron chi connectivity index (χ3n) is 1.14. The number of rotatable bonds is 2. The predicted octanol–water partition coefficient (Wildman–Crippen LogP) is 0.802. The van der Waals surface area contributed by atoms with Gasteiger partial charge in [0.1, 0.15) is 5.76 Å². The zero-order valence-electron chi connectivity index (χ0n) is 6.60. The van der Waals surface area contributed by atoms with Gasteiger partial charge in [0.2, 0.25) is 0 Å². The highest BCUT2D eigenvalue weighted by Crippen LogP contribution is 2.02. The molecule has 0 amide bonds. The zero-order valence-corrected chi connectivity index (χ0v) is 6.60. The van der Waals surface area contributed by atoms with Gasteiger partial charge in [-0.05, 0) is 26.3 Å². The van der Waals surface area contributed by atoms with Gasteiger partial charge in [-0.1, -0.05) is 0 Å². The van der Waals surface area contributed by atoms with E-state index in [0.717, 1.165) is 5.57 Å². The van der Waals surface area contributed by atoms with Gasteiger partial charge in [-0.2, -0.15) is 0 Å². The summed E-state index contributed by atoms with van der Waals surface area (Å²) >= 11 is 0. The van der Waals surface area contributed by atoms with E-state index in [1.54, 1.807) is 6.92 Å². The molecule has 0 aromatic rings. The fourth-order valence-electron chi connectivity index (χ4n) is 0.314. The Hall–Kier alpha value is -0.830. The van der Waals surface area contributed by atoms with Gasteiger partial charge < -0.3 is 10.5 Å². The fourth-order valence-corrected chi connectivity index (χ4v) is 0.314. The number of ether oxygens (including phenoxy) is 1. The predicted molar refractivity (Wildman–Crippen MR) is 39.2 cm³/mol. The number of esters is 1. The molecule has 0 saturated carbocycles. The smallest absolute Gasteiger partial charge is 0.324 e. The Morgan fingerprint density at radius 1 is 1.40 bits per heavy atom. The first-order valence-corrected chi connectivity index (χ1v) is 3.12. The lowest BCUT2D eigenvalue weighted by molar-refractivity contribution is -0.137. The van der Waals surface area contributed by atoms with Crippen molar-refractivity contribution in [1.82, 2.24) is 0 Å². The Morgan fingerprint density at radius 3 is 2.20 bits per heavy atom. The summed E-state index contributed by atoms with van der Waals surface area (Å²) in [6, 6.07) is 0. The molecule has 0 aromatic heterocycles. The molecule has 58 valence electrons. The molecule has 0 atom stereocenters. The summed E-state index contributed by atoms with van der Waals surface area (Å²) in [5, 5.41) is 0. The first-order chi connectivity index (χ1) is 4.57. The number of hydrogen-bond donors (Lipinski definition) is 1. The van der Waals surface area contributed by atoms with Gasteiger partial charge in [-0.3, -0.25) is 4.79 Å². The van der Waals surface area contributed by atoms with E-state index in [2.05, 4.69) is 0 Å². The van der Waals surface area contributed by atoms with Crippen LogP contribution in [0.1, 0.15) is 20.8 Å². The van der Waals surface area contributed by atoms with Crippen LogP contribution in [0.4, 0.5) is 0 Å². The highest BCUT2D eigenvalue weighted by Gasteiger charge is 1.99. The molecule has 0 radical (unpaired) electrons. The van der Waals surface area contributed by atoms with E-state index >= 15 is 0 Å². The van der Waals surface area contributed by atoms with Crippen LogP contribution in [0.3, 0.4) is 0 Å². The molecule has 3 heteroatoms. The molecule has 0 unspecified atom stereocenters. The second-order valence-corrected chi connectivity index (χ2v) is 2.23. The molecule has 0 fully saturated rings. The number of hydrogen-bond acceptors (Lipinski definition) is 3. The molecule has 0 aliphatic heterocycles. The summed E-state index contributed by atoms with van der Waals surface area (Å²) in [6.07, 6.45) is 0. The number of carbonyl (C=O) groups is 1. The van der Waals surface area contributed by atoms with Crippen LogP contribution in [0.25, 0.3) is 0 Å². The van der Waals surface area contributed by atoms with Crippen LogP contribution in [0.5, 0.6) is 0 Å². The molecule has 0 bridgehead atoms. The highest BCUT2D eigenvalue weighted by atomic mass is 16.5. The Kier molecular flexibility index (Phi) is 3.72. The number of allylic oxidation sites excluding steroid dienone is 2. The summed E-state index contributed by atoms with van der Waals surface area (Å²) in [5.41, 5.74) is 6.01. The van der Waals surface area contributed by atoms with Crippen LogP contribution < -0.4 is 5.73 Å². The molecule has 0 saturated heterocycles. The van der Waals surface area contributed by atoms with Gasteiger partial charge in [-0.15, -0.1) is 0 Å². The summed E-state index contributed by atoms with van der Waals surface area (Å²) in [7, 11) is 0. The first kappa shape index (κ1) is 9.17. The second-order valence-electron chi connectivity index (χ2n) is 2.23. The van der Waals surface area contributed by atoms with Gasteiger partial charge in [0.25, 0.3) is 0 Å². The summed E-state index contributed by atoms with van der Waals surface area (Å²) in [4.78, 5) is 10.5. The van der Waals surface area contributed by atoms with Crippen LogP contribution in [-0.2, 0) is 9.53 Å². The number of nitrogens with two attached hydrogens (primary N) is 1. The minimum absolute atomic E-state index is 0.0649. The highest BCUT2D eigenvalue weighted by molar-refractivity contribution is 5.72. The molecule has 0 aromatic carbocycles. The topological polar surface area (TPSA) is 52.3 Å². The van der Waals surface area contributed by atoms with E-state index in [0.29, 0.717) is 5.76 Å². The minimum Gasteiger partial charge on any atom is -0.431 e. The van der Waals surface area contributed by atoms with E-state index in [4.69, 9.17) is 10.5 Å². The molecular formula is C7H13NO2. The molecule has 0 heterocycles. The molecular weight excluding hydrogens is 130 g/mol. The maximum absolute atomic E-state index is 10.5. The van der Waals surface area contributed by atoms with E-state index < -0.39 is 5.97 Å². The van der Waals surface area contributed by atoms with Gasteiger partial charge in [0.15, 0.2) is 0 Å². The van der Waals surface area contributed by atoms with Crippen molar-refractivity contribution in [3.63, 3.8) is 0 Å². The first-order valence-electron chi connectivity index (χ1n) is 3.12. The van der Waals surface area contributed by atoms with E-state index in [-0.39, 0.29) is 6.54 Å². The summed E-state index contributed by atoms with van der Waals surface area (Å²) in [5.74, 6) is 0.245. The molecule has 10 heavy (non-hydrogen) atoms. The van der Waals surface area contributed by atoms with Gasteiger partial charge in [-0.25, -0.2) is 0 Å². The van der Waals surface area contributed by atoms with Crippen LogP contribution >= 0.6 is 0 Å². The van der Waals surface area contributed by atoms with Crippen molar-refractivity contribution in [3.8, 4) is 0 Å². The Labute approximate surface area is 60.9 Å². The normalized spacial score (nSPS) is 8.80. The minimum atomic E-state index is -0.390. The quantitative estimate of drug-likeness (QED) is 0.459. The maximum Gasteiger partial charge on any atom is 0.324 e. The largest absolute Gasteiger partial charge is 0.431 e. The van der Waals surface area contributed by atoms with Crippen molar-refractivity contribution in [2.75, 3.05) is 6.54 Å². The molecule has 0 rings (SSSR count). The Balaban J connectivity index is 3.92. The third-order valence-corrected chi connectivity index (χ3v) is 1.14. The van der Waals surface area contributed by atoms with Gasteiger partial charge >= 0.3 is 5.97 Å². The van der Waals surface area contributed by atoms with Gasteiger partial charge in [0.05, 0.1) is 6.54 Å². The van der Waals surface area contributed by atoms with Crippen molar-refractivity contribution < 1.29 is 9.53 Å². The average Bonchev–Trinajstić information content (AvgIpc) is 1.87. The maximum atomic E-state index is 10.5. The fraction of sp³-hybridized carbons (Fsp3) is 0.571. The second kappa shape index (κ2) is 4.06. The van der Waals surface area contributed by atoms with Gasteiger partial charge in [0, 0.05) is 0 Å². The van der Waals surface area contributed by atoms with Crippen molar-refractivity contribution in [3.05, 3.63) is 11.3 Å². The molecule has 0 aliphatic carbocycles. The molecule has 2 N–H and O–H groups in total. The Morgan fingerprint density at radius 2 is 1.90 bits per heavy atom. The van der Waals surface area contributed by atoms with Crippen LogP contribution in [0.2, 0.25) is 0 Å². The van der Waals surface area contributed by atoms with Crippen molar-refractivity contribution >= 4 is 5.97 Å². The van der Waals surface area contributed by atoms with Crippen molar-refractivity contribution in [2.45, 2.75) is 20.8 Å². The number of carbonyl (C=O) groups excluding carboxylic acids is 1. The van der Waals surface area contributed by atoms with E-state index in [1.165, 1.54) is 0 Å². The van der Waals surface area contributed by atoms with E-state index in [1.807, 2.05) is 13.8 Å². The van der Waals surface area contributed by atoms with Crippen molar-refractivity contribution in [2.24, 2.45) is 5.73 Å².